The fourth-order valence-electron chi connectivity index (χ4n) is 3.09. The van der Waals surface area contributed by atoms with Crippen LogP contribution in [0, 0.1) is 0 Å². The summed E-state index contributed by atoms with van der Waals surface area (Å²) in [5.74, 6) is -0.807. The molecule has 21 heavy (non-hydrogen) atoms. The van der Waals surface area contributed by atoms with Crippen molar-refractivity contribution in [3.05, 3.63) is 0 Å². The van der Waals surface area contributed by atoms with Crippen LogP contribution < -0.4 is 5.32 Å². The molecular weight excluding hydrogens is 290 g/mol. The van der Waals surface area contributed by atoms with E-state index in [4.69, 9.17) is 5.11 Å². The van der Waals surface area contributed by atoms with E-state index in [9.17, 15) is 9.59 Å². The number of nitrogens with one attached hydrogen (secondary N) is 1. The fraction of sp³-hybridized carbons (Fsp3) is 0.857. The Morgan fingerprint density at radius 2 is 1.86 bits per heavy atom. The van der Waals surface area contributed by atoms with Crippen molar-refractivity contribution in [3.8, 4) is 0 Å². The van der Waals surface area contributed by atoms with E-state index in [0.29, 0.717) is 31.4 Å². The summed E-state index contributed by atoms with van der Waals surface area (Å²) >= 11 is 1.84. The van der Waals surface area contributed by atoms with Gasteiger partial charge in [-0.1, -0.05) is 12.8 Å². The van der Waals surface area contributed by atoms with Crippen LogP contribution in [0.3, 0.4) is 0 Å². The smallest absolute Gasteiger partial charge is 0.317 e. The molecule has 1 aliphatic carbocycles. The summed E-state index contributed by atoms with van der Waals surface area (Å²) in [7, 11) is 0. The summed E-state index contributed by atoms with van der Waals surface area (Å²) in [6.45, 7) is 2.55. The van der Waals surface area contributed by atoms with E-state index in [2.05, 4.69) is 11.6 Å². The van der Waals surface area contributed by atoms with Crippen LogP contribution in [0.2, 0.25) is 0 Å². The number of nitrogens with zero attached hydrogens (tertiary/aromatic N) is 2. The predicted molar refractivity (Wildman–Crippen MR) is 83.7 cm³/mol. The van der Waals surface area contributed by atoms with Crippen molar-refractivity contribution >= 4 is 23.8 Å². The predicted octanol–water partition coefficient (Wildman–Crippen LogP) is 1.07. The average Bonchev–Trinajstić information content (AvgIpc) is 2.48. The van der Waals surface area contributed by atoms with Crippen molar-refractivity contribution in [1.82, 2.24) is 15.1 Å². The van der Waals surface area contributed by atoms with Gasteiger partial charge >= 0.3 is 12.0 Å². The molecule has 1 saturated carbocycles. The molecule has 2 rings (SSSR count). The molecule has 1 heterocycles. The molecule has 2 N–H and O–H groups in total. The van der Waals surface area contributed by atoms with Gasteiger partial charge in [0.2, 0.25) is 0 Å². The third-order valence-electron chi connectivity index (χ3n) is 4.33. The largest absolute Gasteiger partial charge is 0.480 e. The molecule has 2 fully saturated rings. The molecule has 120 valence electrons. The number of hydrogen-bond donors (Lipinski definition) is 2. The highest BCUT2D eigenvalue weighted by Crippen LogP contribution is 2.27. The Morgan fingerprint density at radius 3 is 2.48 bits per heavy atom. The van der Waals surface area contributed by atoms with E-state index in [1.54, 1.807) is 0 Å². The molecule has 1 aliphatic heterocycles. The molecular formula is C14H25N3O3S. The number of carboxylic acids is 1. The first-order valence-electron chi connectivity index (χ1n) is 7.62. The molecule has 2 aliphatic rings. The second-order valence-corrected chi connectivity index (χ2v) is 6.85. The van der Waals surface area contributed by atoms with Gasteiger partial charge < -0.3 is 15.3 Å². The van der Waals surface area contributed by atoms with Gasteiger partial charge in [0.05, 0.1) is 6.54 Å². The molecule has 0 spiro atoms. The number of piperazine rings is 1. The fourth-order valence-corrected chi connectivity index (χ4v) is 4.03. The van der Waals surface area contributed by atoms with Gasteiger partial charge in [0, 0.05) is 37.5 Å². The first-order chi connectivity index (χ1) is 10.1. The first kappa shape index (κ1) is 16.4. The SMILES string of the molecule is CSC1CCCCC1NC(=O)N1CCN(CC(=O)O)CC1. The average molecular weight is 315 g/mol. The van der Waals surface area contributed by atoms with E-state index in [1.165, 1.54) is 19.3 Å². The summed E-state index contributed by atoms with van der Waals surface area (Å²) in [6, 6.07) is 0.286. The van der Waals surface area contributed by atoms with Crippen LogP contribution in [0.15, 0.2) is 0 Å². The maximum atomic E-state index is 12.3. The lowest BCUT2D eigenvalue weighted by molar-refractivity contribution is -0.138. The zero-order valence-corrected chi connectivity index (χ0v) is 13.4. The summed E-state index contributed by atoms with van der Waals surface area (Å²) in [6.07, 6.45) is 6.80. The zero-order chi connectivity index (χ0) is 15.2. The summed E-state index contributed by atoms with van der Waals surface area (Å²) < 4.78 is 0. The van der Waals surface area contributed by atoms with Gasteiger partial charge in [-0.2, -0.15) is 11.8 Å². The molecule has 0 aromatic carbocycles. The van der Waals surface area contributed by atoms with Crippen LogP contribution >= 0.6 is 11.8 Å². The number of rotatable bonds is 4. The normalized spacial score (nSPS) is 27.4. The molecule has 0 aromatic heterocycles. The number of carbonyl (C=O) groups excluding carboxylic acids is 1. The third kappa shape index (κ3) is 4.78. The lowest BCUT2D eigenvalue weighted by Gasteiger charge is -2.37. The third-order valence-corrected chi connectivity index (χ3v) is 5.50. The lowest BCUT2D eigenvalue weighted by Crippen LogP contribution is -2.55. The summed E-state index contributed by atoms with van der Waals surface area (Å²) in [5.41, 5.74) is 0. The van der Waals surface area contributed by atoms with E-state index in [1.807, 2.05) is 21.6 Å². The molecule has 6 nitrogen and oxygen atoms in total. The topological polar surface area (TPSA) is 72.9 Å². The van der Waals surface area contributed by atoms with Crippen molar-refractivity contribution < 1.29 is 14.7 Å². The highest BCUT2D eigenvalue weighted by atomic mass is 32.2. The minimum atomic E-state index is -0.807. The van der Waals surface area contributed by atoms with Crippen molar-refractivity contribution in [2.75, 3.05) is 39.0 Å². The molecule has 0 bridgehead atoms. The Labute approximate surface area is 130 Å². The van der Waals surface area contributed by atoms with Gasteiger partial charge in [0.15, 0.2) is 0 Å². The number of aliphatic carboxylic acids is 1. The second-order valence-electron chi connectivity index (χ2n) is 5.77. The number of urea groups is 1. The van der Waals surface area contributed by atoms with E-state index >= 15 is 0 Å². The van der Waals surface area contributed by atoms with Crippen LogP contribution in [0.1, 0.15) is 25.7 Å². The minimum Gasteiger partial charge on any atom is -0.480 e. The number of thioether (sulfide) groups is 1. The maximum Gasteiger partial charge on any atom is 0.317 e. The number of hydrogen-bond acceptors (Lipinski definition) is 4. The Morgan fingerprint density at radius 1 is 1.19 bits per heavy atom. The molecule has 1 saturated heterocycles. The van der Waals surface area contributed by atoms with Gasteiger partial charge in [-0.05, 0) is 19.1 Å². The van der Waals surface area contributed by atoms with Gasteiger partial charge in [-0.3, -0.25) is 9.69 Å². The molecule has 0 aromatic rings. The van der Waals surface area contributed by atoms with Gasteiger partial charge in [0.25, 0.3) is 0 Å². The molecule has 2 unspecified atom stereocenters. The molecule has 0 radical (unpaired) electrons. The van der Waals surface area contributed by atoms with E-state index in [-0.39, 0.29) is 18.6 Å². The van der Waals surface area contributed by atoms with Crippen molar-refractivity contribution in [2.45, 2.75) is 37.0 Å². The van der Waals surface area contributed by atoms with Crippen molar-refractivity contribution in [1.29, 1.82) is 0 Å². The van der Waals surface area contributed by atoms with Gasteiger partial charge in [-0.25, -0.2) is 4.79 Å². The Bertz CT molecular complexity index is 372. The highest BCUT2D eigenvalue weighted by Gasteiger charge is 2.28. The highest BCUT2D eigenvalue weighted by molar-refractivity contribution is 7.99. The lowest BCUT2D eigenvalue weighted by atomic mass is 9.95. The van der Waals surface area contributed by atoms with Crippen LogP contribution in [0.25, 0.3) is 0 Å². The van der Waals surface area contributed by atoms with Crippen LogP contribution in [-0.4, -0.2) is 77.2 Å². The van der Waals surface area contributed by atoms with Gasteiger partial charge in [0.1, 0.15) is 0 Å². The molecule has 7 heteroatoms. The Kier molecular flexibility index (Phi) is 6.17. The van der Waals surface area contributed by atoms with Crippen LogP contribution in [-0.2, 0) is 4.79 Å². The Balaban J connectivity index is 1.77. The van der Waals surface area contributed by atoms with Gasteiger partial charge in [-0.15, -0.1) is 0 Å². The first-order valence-corrected chi connectivity index (χ1v) is 8.91. The Hall–Kier alpha value is -0.950. The van der Waals surface area contributed by atoms with E-state index < -0.39 is 5.97 Å². The zero-order valence-electron chi connectivity index (χ0n) is 12.6. The minimum absolute atomic E-state index is 0.0101. The monoisotopic (exact) mass is 315 g/mol. The number of amides is 2. The maximum absolute atomic E-state index is 12.3. The van der Waals surface area contributed by atoms with E-state index in [0.717, 1.165) is 6.42 Å². The van der Waals surface area contributed by atoms with Crippen molar-refractivity contribution in [2.24, 2.45) is 0 Å². The van der Waals surface area contributed by atoms with Crippen LogP contribution in [0.5, 0.6) is 0 Å². The molecule has 2 amide bonds. The molecule has 2 atom stereocenters. The number of carboxylic acid groups (broad SMARTS) is 1. The summed E-state index contributed by atoms with van der Waals surface area (Å²) in [4.78, 5) is 26.7. The number of carbonyl (C=O) groups is 2. The standard InChI is InChI=1S/C14H25N3O3S/c1-21-12-5-3-2-4-11(12)15-14(20)17-8-6-16(7-9-17)10-13(18)19/h11-12H,2-10H2,1H3,(H,15,20)(H,18,19). The quantitative estimate of drug-likeness (QED) is 0.812. The van der Waals surface area contributed by atoms with Crippen LogP contribution in [0.4, 0.5) is 4.79 Å². The summed E-state index contributed by atoms with van der Waals surface area (Å²) in [5, 5.41) is 12.5. The van der Waals surface area contributed by atoms with Crippen molar-refractivity contribution in [3.63, 3.8) is 0 Å². The second kappa shape index (κ2) is 7.89.